The van der Waals surface area contributed by atoms with Gasteiger partial charge in [-0.25, -0.2) is 9.97 Å². The van der Waals surface area contributed by atoms with Gasteiger partial charge in [0, 0.05) is 24.4 Å². The number of aromatic nitrogens is 4. The summed E-state index contributed by atoms with van der Waals surface area (Å²) in [5, 5.41) is 2.80. The molecular formula is C15H21N5O2. The molecule has 0 spiro atoms. The summed E-state index contributed by atoms with van der Waals surface area (Å²) >= 11 is 0. The minimum Gasteiger partial charge on any atom is -0.349 e. The molecule has 0 aromatic carbocycles. The number of hydrogen-bond acceptors (Lipinski definition) is 4. The lowest BCUT2D eigenvalue weighted by molar-refractivity contribution is -0.124. The predicted molar refractivity (Wildman–Crippen MR) is 82.5 cm³/mol. The SMILES string of the molecule is Cc1nc(CNC(=O)C(C)n2ccnc2C(C)C)cc(=O)[nH]1. The van der Waals surface area contributed by atoms with Crippen molar-refractivity contribution in [1.29, 1.82) is 0 Å². The summed E-state index contributed by atoms with van der Waals surface area (Å²) in [7, 11) is 0. The Kier molecular flexibility index (Phi) is 4.75. The molecule has 2 heterocycles. The summed E-state index contributed by atoms with van der Waals surface area (Å²) in [6.45, 7) is 7.81. The third kappa shape index (κ3) is 3.60. The van der Waals surface area contributed by atoms with Crippen molar-refractivity contribution in [2.24, 2.45) is 0 Å². The van der Waals surface area contributed by atoms with Crippen molar-refractivity contribution in [2.75, 3.05) is 0 Å². The normalized spacial score (nSPS) is 12.4. The fourth-order valence-electron chi connectivity index (χ4n) is 2.28. The van der Waals surface area contributed by atoms with Gasteiger partial charge in [0.25, 0.3) is 5.56 Å². The molecule has 0 aliphatic heterocycles. The van der Waals surface area contributed by atoms with E-state index in [-0.39, 0.29) is 30.0 Å². The maximum Gasteiger partial charge on any atom is 0.251 e. The van der Waals surface area contributed by atoms with Gasteiger partial charge in [-0.1, -0.05) is 13.8 Å². The van der Waals surface area contributed by atoms with Gasteiger partial charge in [0.05, 0.1) is 12.2 Å². The van der Waals surface area contributed by atoms with Gasteiger partial charge in [-0.15, -0.1) is 0 Å². The molecule has 1 unspecified atom stereocenters. The average molecular weight is 303 g/mol. The van der Waals surface area contributed by atoms with Crippen LogP contribution in [0.1, 0.15) is 50.1 Å². The summed E-state index contributed by atoms with van der Waals surface area (Å²) < 4.78 is 1.86. The van der Waals surface area contributed by atoms with Crippen LogP contribution in [-0.4, -0.2) is 25.4 Å². The molecule has 22 heavy (non-hydrogen) atoms. The zero-order chi connectivity index (χ0) is 16.3. The van der Waals surface area contributed by atoms with E-state index in [9.17, 15) is 9.59 Å². The molecule has 0 aliphatic rings. The maximum absolute atomic E-state index is 12.3. The van der Waals surface area contributed by atoms with E-state index in [4.69, 9.17) is 0 Å². The molecular weight excluding hydrogens is 282 g/mol. The minimum absolute atomic E-state index is 0.139. The summed E-state index contributed by atoms with van der Waals surface area (Å²) in [4.78, 5) is 34.7. The number of hydrogen-bond donors (Lipinski definition) is 2. The van der Waals surface area contributed by atoms with E-state index in [1.165, 1.54) is 6.07 Å². The van der Waals surface area contributed by atoms with Crippen molar-refractivity contribution in [3.05, 3.63) is 46.2 Å². The molecule has 7 nitrogen and oxygen atoms in total. The minimum atomic E-state index is -0.372. The van der Waals surface area contributed by atoms with Gasteiger partial charge < -0.3 is 14.9 Å². The molecule has 2 rings (SSSR count). The van der Waals surface area contributed by atoms with Gasteiger partial charge in [-0.05, 0) is 13.8 Å². The molecule has 7 heteroatoms. The Morgan fingerprint density at radius 3 is 2.77 bits per heavy atom. The second kappa shape index (κ2) is 6.55. The summed E-state index contributed by atoms with van der Waals surface area (Å²) in [5.74, 6) is 1.50. The molecule has 0 aliphatic carbocycles. The first-order valence-electron chi connectivity index (χ1n) is 7.25. The number of H-pyrrole nitrogens is 1. The molecule has 0 fully saturated rings. The Bertz CT molecular complexity index is 717. The van der Waals surface area contributed by atoms with E-state index < -0.39 is 0 Å². The highest BCUT2D eigenvalue weighted by molar-refractivity contribution is 5.79. The van der Waals surface area contributed by atoms with Crippen molar-refractivity contribution in [2.45, 2.75) is 46.2 Å². The standard InChI is InChI=1S/C15H21N5O2/c1-9(2)14-16-5-6-20(14)10(3)15(22)17-8-12-7-13(21)19-11(4)18-12/h5-7,9-10H,8H2,1-4H3,(H,17,22)(H,18,19,21). The fourth-order valence-corrected chi connectivity index (χ4v) is 2.28. The number of nitrogens with one attached hydrogen (secondary N) is 2. The van der Waals surface area contributed by atoms with E-state index in [1.807, 2.05) is 25.3 Å². The van der Waals surface area contributed by atoms with Gasteiger partial charge in [-0.3, -0.25) is 9.59 Å². The van der Waals surface area contributed by atoms with Crippen LogP contribution >= 0.6 is 0 Å². The number of aromatic amines is 1. The van der Waals surface area contributed by atoms with E-state index in [2.05, 4.69) is 20.3 Å². The number of rotatable bonds is 5. The van der Waals surface area contributed by atoms with Crippen molar-refractivity contribution in [3.8, 4) is 0 Å². The van der Waals surface area contributed by atoms with Gasteiger partial charge in [-0.2, -0.15) is 0 Å². The second-order valence-electron chi connectivity index (χ2n) is 5.56. The highest BCUT2D eigenvalue weighted by atomic mass is 16.2. The van der Waals surface area contributed by atoms with Crippen LogP contribution in [0.4, 0.5) is 0 Å². The van der Waals surface area contributed by atoms with Crippen LogP contribution in [0, 0.1) is 6.92 Å². The summed E-state index contributed by atoms with van der Waals surface area (Å²) in [6.07, 6.45) is 3.50. The molecule has 0 radical (unpaired) electrons. The Balaban J connectivity index is 2.05. The largest absolute Gasteiger partial charge is 0.349 e. The highest BCUT2D eigenvalue weighted by Gasteiger charge is 2.19. The van der Waals surface area contributed by atoms with Gasteiger partial charge in [0.2, 0.25) is 5.91 Å². The second-order valence-corrected chi connectivity index (χ2v) is 5.56. The number of imidazole rings is 1. The number of aryl methyl sites for hydroxylation is 1. The molecule has 1 amide bonds. The number of carbonyl (C=O) groups is 1. The average Bonchev–Trinajstić information content (AvgIpc) is 2.92. The number of carbonyl (C=O) groups excluding carboxylic acids is 1. The lowest BCUT2D eigenvalue weighted by atomic mass is 10.2. The van der Waals surface area contributed by atoms with Gasteiger partial charge in [0.15, 0.2) is 0 Å². The summed E-state index contributed by atoms with van der Waals surface area (Å²) in [5.41, 5.74) is 0.318. The molecule has 0 saturated heterocycles. The van der Waals surface area contributed by atoms with Crippen molar-refractivity contribution in [1.82, 2.24) is 24.8 Å². The highest BCUT2D eigenvalue weighted by Crippen LogP contribution is 2.17. The van der Waals surface area contributed by atoms with Crippen LogP contribution in [0.2, 0.25) is 0 Å². The first-order valence-corrected chi connectivity index (χ1v) is 7.25. The van der Waals surface area contributed by atoms with Crippen LogP contribution in [0.3, 0.4) is 0 Å². The Morgan fingerprint density at radius 2 is 2.14 bits per heavy atom. The smallest absolute Gasteiger partial charge is 0.251 e. The third-order valence-corrected chi connectivity index (χ3v) is 3.37. The molecule has 0 saturated carbocycles. The third-order valence-electron chi connectivity index (χ3n) is 3.37. The maximum atomic E-state index is 12.3. The van der Waals surface area contributed by atoms with E-state index >= 15 is 0 Å². The van der Waals surface area contributed by atoms with E-state index in [1.54, 1.807) is 19.3 Å². The van der Waals surface area contributed by atoms with Crippen molar-refractivity contribution >= 4 is 5.91 Å². The van der Waals surface area contributed by atoms with Crippen LogP contribution < -0.4 is 10.9 Å². The predicted octanol–water partition coefficient (Wildman–Crippen LogP) is 1.28. The van der Waals surface area contributed by atoms with Crippen LogP contribution in [-0.2, 0) is 11.3 Å². The van der Waals surface area contributed by atoms with Crippen molar-refractivity contribution < 1.29 is 4.79 Å². The quantitative estimate of drug-likeness (QED) is 0.870. The van der Waals surface area contributed by atoms with Crippen molar-refractivity contribution in [3.63, 3.8) is 0 Å². The van der Waals surface area contributed by atoms with E-state index in [0.29, 0.717) is 11.5 Å². The topological polar surface area (TPSA) is 92.7 Å². The summed E-state index contributed by atoms with van der Waals surface area (Å²) in [6, 6.07) is 1.01. The zero-order valence-corrected chi connectivity index (χ0v) is 13.3. The fraction of sp³-hybridized carbons (Fsp3) is 0.467. The lowest BCUT2D eigenvalue weighted by Crippen LogP contribution is -2.32. The molecule has 2 N–H and O–H groups in total. The molecule has 118 valence electrons. The van der Waals surface area contributed by atoms with Gasteiger partial charge >= 0.3 is 0 Å². The Morgan fingerprint density at radius 1 is 1.41 bits per heavy atom. The van der Waals surface area contributed by atoms with Gasteiger partial charge in [0.1, 0.15) is 17.7 Å². The first kappa shape index (κ1) is 15.9. The molecule has 2 aromatic heterocycles. The zero-order valence-electron chi connectivity index (χ0n) is 13.3. The Labute approximate surface area is 128 Å². The monoisotopic (exact) mass is 303 g/mol. The molecule has 2 aromatic rings. The molecule has 0 bridgehead atoms. The molecule has 1 atom stereocenters. The first-order chi connectivity index (χ1) is 10.4. The Hall–Kier alpha value is -2.44. The number of amides is 1. The van der Waals surface area contributed by atoms with Crippen LogP contribution in [0.25, 0.3) is 0 Å². The number of nitrogens with zero attached hydrogens (tertiary/aromatic N) is 3. The van der Waals surface area contributed by atoms with Crippen LogP contribution in [0.5, 0.6) is 0 Å². The van der Waals surface area contributed by atoms with Crippen LogP contribution in [0.15, 0.2) is 23.3 Å². The lowest BCUT2D eigenvalue weighted by Gasteiger charge is -2.17. The van der Waals surface area contributed by atoms with E-state index in [0.717, 1.165) is 5.82 Å².